The lowest BCUT2D eigenvalue weighted by Gasteiger charge is -2.37. The van der Waals surface area contributed by atoms with E-state index in [1.165, 1.54) is 0 Å². The second-order valence-corrected chi connectivity index (χ2v) is 10.8. The number of hydrogen-bond donors (Lipinski definition) is 1. The zero-order chi connectivity index (χ0) is 23.0. The molecule has 1 aromatic heterocycles. The van der Waals surface area contributed by atoms with Crippen molar-refractivity contribution in [2.75, 3.05) is 36.1 Å². The average Bonchev–Trinajstić information content (AvgIpc) is 3.10. The maximum atomic E-state index is 14.4. The molecule has 1 N–H and O–H groups in total. The second-order valence-electron chi connectivity index (χ2n) is 7.97. The van der Waals surface area contributed by atoms with Crippen molar-refractivity contribution in [3.05, 3.63) is 40.8 Å². The Morgan fingerprint density at radius 1 is 1.06 bits per heavy atom. The van der Waals surface area contributed by atoms with Gasteiger partial charge in [0.2, 0.25) is 5.91 Å². The lowest BCUT2D eigenvalue weighted by Crippen LogP contribution is -2.47. The summed E-state index contributed by atoms with van der Waals surface area (Å²) in [4.78, 5) is 24.7. The fraction of sp³-hybridized carbons (Fsp3) is 0.450. The molecule has 1 aromatic carbocycles. The number of likely N-dealkylation sites (tertiary alicyclic amines) is 1. The summed E-state index contributed by atoms with van der Waals surface area (Å²) in [6.07, 6.45) is 6.14. The van der Waals surface area contributed by atoms with Crippen molar-refractivity contribution < 1.29 is 22.0 Å². The van der Waals surface area contributed by atoms with Gasteiger partial charge in [-0.2, -0.15) is 0 Å². The van der Waals surface area contributed by atoms with Crippen LogP contribution in [0.1, 0.15) is 19.3 Å². The Hall–Kier alpha value is -2.34. The highest BCUT2D eigenvalue weighted by atomic mass is 79.9. The number of rotatable bonds is 5. The van der Waals surface area contributed by atoms with Crippen molar-refractivity contribution in [1.82, 2.24) is 14.9 Å². The monoisotopic (exact) mass is 529 g/mol. The van der Waals surface area contributed by atoms with Gasteiger partial charge in [0.15, 0.2) is 9.84 Å². The van der Waals surface area contributed by atoms with Crippen LogP contribution in [0.15, 0.2) is 34.0 Å². The molecule has 3 heterocycles. The highest BCUT2D eigenvalue weighted by molar-refractivity contribution is 9.10. The van der Waals surface area contributed by atoms with E-state index in [4.69, 9.17) is 0 Å². The van der Waals surface area contributed by atoms with E-state index < -0.39 is 32.4 Å². The number of halogens is 3. The molecule has 2 saturated heterocycles. The Kier molecular flexibility index (Phi) is 6.35. The number of aromatic nitrogens is 2. The van der Waals surface area contributed by atoms with E-state index in [1.807, 2.05) is 0 Å². The fourth-order valence-electron chi connectivity index (χ4n) is 4.18. The molecule has 172 valence electrons. The number of carbonyl (C=O) groups excluding carboxylic acids is 1. The van der Waals surface area contributed by atoms with Crippen LogP contribution >= 0.6 is 15.9 Å². The molecule has 32 heavy (non-hydrogen) atoms. The number of benzene rings is 1. The lowest BCUT2D eigenvalue weighted by atomic mass is 10.0. The van der Waals surface area contributed by atoms with Gasteiger partial charge in [-0.1, -0.05) is 0 Å². The Bertz CT molecular complexity index is 1120. The van der Waals surface area contributed by atoms with Gasteiger partial charge in [-0.05, 0) is 41.3 Å². The Labute approximate surface area is 193 Å². The van der Waals surface area contributed by atoms with Gasteiger partial charge in [0.1, 0.15) is 33.0 Å². The molecule has 2 fully saturated rings. The minimum absolute atomic E-state index is 0.0585. The van der Waals surface area contributed by atoms with E-state index in [0.717, 1.165) is 44.1 Å². The second kappa shape index (κ2) is 8.89. The van der Waals surface area contributed by atoms with E-state index in [9.17, 15) is 22.0 Å². The highest BCUT2D eigenvalue weighted by Crippen LogP contribution is 2.28. The summed E-state index contributed by atoms with van der Waals surface area (Å²) in [5.41, 5.74) is -0.223. The first-order valence-corrected chi connectivity index (χ1v) is 12.8. The van der Waals surface area contributed by atoms with E-state index in [2.05, 4.69) is 36.1 Å². The predicted molar refractivity (Wildman–Crippen MR) is 118 cm³/mol. The molecular weight excluding hydrogens is 508 g/mol. The first-order chi connectivity index (χ1) is 15.1. The van der Waals surface area contributed by atoms with E-state index in [1.54, 1.807) is 17.3 Å². The SMILES string of the molecule is CS(=O)(=O)c1cc(F)c(N[C@H]2CCN(C3CCN(c4cnc(Br)cn4)CC3)C2=O)cc1F. The molecule has 2 aliphatic heterocycles. The Morgan fingerprint density at radius 2 is 1.78 bits per heavy atom. The van der Waals surface area contributed by atoms with Crippen LogP contribution in [0.25, 0.3) is 0 Å². The quantitative estimate of drug-likeness (QED) is 0.635. The number of carbonyl (C=O) groups is 1. The first-order valence-electron chi connectivity index (χ1n) is 10.1. The zero-order valence-corrected chi connectivity index (χ0v) is 19.7. The van der Waals surface area contributed by atoms with Crippen LogP contribution < -0.4 is 10.2 Å². The van der Waals surface area contributed by atoms with Gasteiger partial charge in [0, 0.05) is 38.0 Å². The van der Waals surface area contributed by atoms with E-state index in [0.29, 0.717) is 23.6 Å². The number of anilines is 2. The minimum Gasteiger partial charge on any atom is -0.371 e. The molecule has 4 rings (SSSR count). The zero-order valence-electron chi connectivity index (χ0n) is 17.3. The summed E-state index contributed by atoms with van der Waals surface area (Å²) in [6, 6.07) is 0.802. The maximum absolute atomic E-state index is 14.4. The molecule has 0 bridgehead atoms. The van der Waals surface area contributed by atoms with Crippen LogP contribution in [0.3, 0.4) is 0 Å². The maximum Gasteiger partial charge on any atom is 0.245 e. The lowest BCUT2D eigenvalue weighted by molar-refractivity contribution is -0.130. The molecule has 0 radical (unpaired) electrons. The van der Waals surface area contributed by atoms with Crippen molar-refractivity contribution in [3.63, 3.8) is 0 Å². The van der Waals surface area contributed by atoms with Gasteiger partial charge < -0.3 is 15.1 Å². The van der Waals surface area contributed by atoms with Crippen LogP contribution in [-0.2, 0) is 14.6 Å². The third-order valence-corrected chi connectivity index (χ3v) is 7.35. The van der Waals surface area contributed by atoms with Crippen molar-refractivity contribution in [2.24, 2.45) is 0 Å². The molecule has 2 aromatic rings. The predicted octanol–water partition coefficient (Wildman–Crippen LogP) is 2.60. The van der Waals surface area contributed by atoms with E-state index in [-0.39, 0.29) is 17.6 Å². The molecule has 2 aliphatic rings. The number of amides is 1. The number of piperidine rings is 1. The topological polar surface area (TPSA) is 95.5 Å². The van der Waals surface area contributed by atoms with Gasteiger partial charge in [-0.3, -0.25) is 4.79 Å². The summed E-state index contributed by atoms with van der Waals surface area (Å²) in [5, 5.41) is 2.75. The third kappa shape index (κ3) is 4.70. The Morgan fingerprint density at radius 3 is 2.41 bits per heavy atom. The number of nitrogens with one attached hydrogen (secondary N) is 1. The van der Waals surface area contributed by atoms with Gasteiger partial charge in [-0.15, -0.1) is 0 Å². The normalized spacial score (nSPS) is 20.1. The van der Waals surface area contributed by atoms with Crippen molar-refractivity contribution in [3.8, 4) is 0 Å². The smallest absolute Gasteiger partial charge is 0.245 e. The van der Waals surface area contributed by atoms with Gasteiger partial charge >= 0.3 is 0 Å². The van der Waals surface area contributed by atoms with Crippen LogP contribution in [-0.4, -0.2) is 67.2 Å². The third-order valence-electron chi connectivity index (χ3n) is 5.83. The number of nitrogens with zero attached hydrogens (tertiary/aromatic N) is 4. The first kappa shape index (κ1) is 22.8. The summed E-state index contributed by atoms with van der Waals surface area (Å²) < 4.78 is 52.3. The standard InChI is InChI=1S/C20H22BrF2N5O3S/c1-32(30,31)17-9-13(22)16(8-14(17)23)26-15-4-7-28(20(15)29)12-2-5-27(6-3-12)19-11-24-18(21)10-25-19/h8-12,15,26H,2-7H2,1H3/t15-/m0/s1. The summed E-state index contributed by atoms with van der Waals surface area (Å²) in [5.74, 6) is -1.35. The molecular formula is C20H22BrF2N5O3S. The van der Waals surface area contributed by atoms with Crippen LogP contribution in [0.2, 0.25) is 0 Å². The van der Waals surface area contributed by atoms with Crippen molar-refractivity contribution in [1.29, 1.82) is 0 Å². The molecule has 0 spiro atoms. The van der Waals surface area contributed by atoms with Crippen molar-refractivity contribution in [2.45, 2.75) is 36.2 Å². The largest absolute Gasteiger partial charge is 0.371 e. The van der Waals surface area contributed by atoms with Crippen molar-refractivity contribution >= 4 is 43.2 Å². The van der Waals surface area contributed by atoms with Gasteiger partial charge in [0.05, 0.1) is 18.1 Å². The fourth-order valence-corrected chi connectivity index (χ4v) is 5.12. The molecule has 0 saturated carbocycles. The van der Waals surface area contributed by atoms with Crippen LogP contribution in [0, 0.1) is 11.6 Å². The molecule has 12 heteroatoms. The van der Waals surface area contributed by atoms with Crippen LogP contribution in [0.4, 0.5) is 20.3 Å². The van der Waals surface area contributed by atoms with Gasteiger partial charge in [0.25, 0.3) is 0 Å². The van der Waals surface area contributed by atoms with E-state index >= 15 is 0 Å². The average molecular weight is 530 g/mol. The minimum atomic E-state index is -3.89. The summed E-state index contributed by atoms with van der Waals surface area (Å²) >= 11 is 3.27. The molecule has 1 amide bonds. The van der Waals surface area contributed by atoms with Crippen LogP contribution in [0.5, 0.6) is 0 Å². The molecule has 1 atom stereocenters. The summed E-state index contributed by atoms with van der Waals surface area (Å²) in [7, 11) is -3.89. The number of sulfone groups is 1. The molecule has 0 aliphatic carbocycles. The Balaban J connectivity index is 1.39. The summed E-state index contributed by atoms with van der Waals surface area (Å²) in [6.45, 7) is 1.98. The highest BCUT2D eigenvalue weighted by Gasteiger charge is 2.37. The molecule has 0 unspecified atom stereocenters. The molecule has 8 nitrogen and oxygen atoms in total. The number of hydrogen-bond acceptors (Lipinski definition) is 7. The van der Waals surface area contributed by atoms with Gasteiger partial charge in [-0.25, -0.2) is 27.2 Å².